The second kappa shape index (κ2) is 9.73. The number of sulfone groups is 1. The highest BCUT2D eigenvalue weighted by molar-refractivity contribution is 7.90. The van der Waals surface area contributed by atoms with Crippen LogP contribution in [0.15, 0.2) is 29.3 Å². The third kappa shape index (κ3) is 5.56. The zero-order valence-corrected chi connectivity index (χ0v) is 21.0. The largest absolute Gasteiger partial charge is 0.433 e. The second-order valence-corrected chi connectivity index (χ2v) is 11.7. The van der Waals surface area contributed by atoms with Crippen molar-refractivity contribution < 1.29 is 30.4 Å². The minimum Gasteiger partial charge on any atom is -0.368 e. The van der Waals surface area contributed by atoms with Crippen molar-refractivity contribution >= 4 is 21.5 Å². The van der Waals surface area contributed by atoms with E-state index in [2.05, 4.69) is 9.97 Å². The molecule has 7 nitrogen and oxygen atoms in total. The average molecular weight is 534 g/mol. The summed E-state index contributed by atoms with van der Waals surface area (Å²) >= 11 is 0. The van der Waals surface area contributed by atoms with Crippen LogP contribution in [-0.4, -0.2) is 74.5 Å². The van der Waals surface area contributed by atoms with Gasteiger partial charge in [0.1, 0.15) is 16.9 Å². The molecule has 0 aliphatic carbocycles. The molecule has 0 N–H and O–H groups in total. The number of halogens is 5. The van der Waals surface area contributed by atoms with Crippen LogP contribution < -0.4 is 9.80 Å². The van der Waals surface area contributed by atoms with E-state index in [0.29, 0.717) is 18.8 Å². The molecule has 4 rings (SSSR count). The number of benzene rings is 1. The summed E-state index contributed by atoms with van der Waals surface area (Å²) in [6.07, 6.45) is -3.63. The van der Waals surface area contributed by atoms with Crippen molar-refractivity contribution in [2.75, 3.05) is 48.8 Å². The highest BCUT2D eigenvalue weighted by Gasteiger charge is 2.39. The molecule has 2 aliphatic heterocycles. The molecule has 3 heterocycles. The predicted octanol–water partition coefficient (Wildman–Crippen LogP) is 3.54. The third-order valence-corrected chi connectivity index (χ3v) is 7.66. The number of hydrogen-bond acceptors (Lipinski definition) is 7. The first-order valence-electron chi connectivity index (χ1n) is 11.5. The van der Waals surface area contributed by atoms with Crippen LogP contribution in [0, 0.1) is 11.7 Å². The lowest BCUT2D eigenvalue weighted by molar-refractivity contribution is -0.142. The van der Waals surface area contributed by atoms with Crippen LogP contribution in [0.5, 0.6) is 0 Å². The Morgan fingerprint density at radius 2 is 1.83 bits per heavy atom. The van der Waals surface area contributed by atoms with E-state index < -0.39 is 38.6 Å². The normalized spacial score (nSPS) is 20.2. The van der Waals surface area contributed by atoms with Gasteiger partial charge < -0.3 is 9.80 Å². The number of hydrogen-bond donors (Lipinski definition) is 0. The van der Waals surface area contributed by atoms with Crippen LogP contribution in [0.25, 0.3) is 0 Å². The van der Waals surface area contributed by atoms with Gasteiger partial charge in [-0.3, -0.25) is 4.90 Å². The van der Waals surface area contributed by atoms with Gasteiger partial charge in [-0.15, -0.1) is 0 Å². The highest BCUT2D eigenvalue weighted by Crippen LogP contribution is 2.34. The molecule has 0 amide bonds. The van der Waals surface area contributed by atoms with Crippen LogP contribution in [0.3, 0.4) is 0 Å². The summed E-state index contributed by atoms with van der Waals surface area (Å²) in [6.45, 7) is 4.90. The highest BCUT2D eigenvalue weighted by atomic mass is 32.2. The predicted molar refractivity (Wildman–Crippen MR) is 125 cm³/mol. The van der Waals surface area contributed by atoms with E-state index in [-0.39, 0.29) is 49.7 Å². The minimum atomic E-state index is -4.70. The third-order valence-electron chi connectivity index (χ3n) is 6.55. The maximum absolute atomic E-state index is 14.1. The summed E-state index contributed by atoms with van der Waals surface area (Å²) in [4.78, 5) is 12.9. The Hall–Kier alpha value is -2.54. The Kier molecular flexibility index (Phi) is 7.17. The molecule has 13 heteroatoms. The topological polar surface area (TPSA) is 69.6 Å². The van der Waals surface area contributed by atoms with Gasteiger partial charge in [-0.1, -0.05) is 13.8 Å². The van der Waals surface area contributed by atoms with Gasteiger partial charge in [0, 0.05) is 63.0 Å². The van der Waals surface area contributed by atoms with Crippen molar-refractivity contribution in [2.45, 2.75) is 43.7 Å². The van der Waals surface area contributed by atoms with Gasteiger partial charge in [0.2, 0.25) is 5.95 Å². The zero-order chi connectivity index (χ0) is 26.4. The van der Waals surface area contributed by atoms with Crippen LogP contribution in [0.4, 0.5) is 33.6 Å². The standard InChI is InChI=1S/C23H28F5N5O2S/c1-14(2)19-13-32(17-4-5-18(25)20(8-17)36(3,34)35)6-7-33(19)22-29-9-15(10-31-11-16(24)12-31)21(30-22)23(26,27)28/h4-5,8-9,14,16,19H,6-7,10-13H2,1-3H3. The molecule has 2 saturated heterocycles. The van der Waals surface area contributed by atoms with Crippen LogP contribution >= 0.6 is 0 Å². The number of piperazine rings is 1. The van der Waals surface area contributed by atoms with Crippen molar-refractivity contribution in [1.82, 2.24) is 14.9 Å². The molecular formula is C23H28F5N5O2S. The lowest BCUT2D eigenvalue weighted by Gasteiger charge is -2.44. The van der Waals surface area contributed by atoms with Crippen molar-refractivity contribution in [3.05, 3.63) is 41.5 Å². The second-order valence-electron chi connectivity index (χ2n) is 9.67. The Bertz CT molecular complexity index is 1220. The van der Waals surface area contributed by atoms with Crippen molar-refractivity contribution in [2.24, 2.45) is 5.92 Å². The van der Waals surface area contributed by atoms with Crippen molar-refractivity contribution in [1.29, 1.82) is 0 Å². The number of alkyl halides is 4. The Balaban J connectivity index is 1.60. The fourth-order valence-electron chi connectivity index (χ4n) is 4.61. The van der Waals surface area contributed by atoms with E-state index >= 15 is 0 Å². The first-order valence-corrected chi connectivity index (χ1v) is 13.4. The molecule has 36 heavy (non-hydrogen) atoms. The van der Waals surface area contributed by atoms with E-state index in [9.17, 15) is 30.4 Å². The molecule has 0 bridgehead atoms. The number of rotatable bonds is 6. The molecule has 1 aromatic carbocycles. The van der Waals surface area contributed by atoms with E-state index in [1.165, 1.54) is 18.3 Å². The van der Waals surface area contributed by atoms with Gasteiger partial charge in [0.15, 0.2) is 15.5 Å². The molecular weight excluding hydrogens is 505 g/mol. The van der Waals surface area contributed by atoms with E-state index in [0.717, 1.165) is 12.3 Å². The number of likely N-dealkylation sites (tertiary alicyclic amines) is 1. The molecule has 1 atom stereocenters. The van der Waals surface area contributed by atoms with Crippen molar-refractivity contribution in [3.8, 4) is 0 Å². The molecule has 198 valence electrons. The molecule has 0 spiro atoms. The Morgan fingerprint density at radius 1 is 1.14 bits per heavy atom. The lowest BCUT2D eigenvalue weighted by Crippen LogP contribution is -2.56. The number of nitrogens with zero attached hydrogens (tertiary/aromatic N) is 5. The smallest absolute Gasteiger partial charge is 0.368 e. The van der Waals surface area contributed by atoms with Crippen molar-refractivity contribution in [3.63, 3.8) is 0 Å². The number of aromatic nitrogens is 2. The SMILES string of the molecule is CC(C)C1CN(c2ccc(F)c(S(C)(=O)=O)c2)CCN1c1ncc(CN2CC(F)C2)c(C(F)(F)F)n1. The summed E-state index contributed by atoms with van der Waals surface area (Å²) in [5.41, 5.74) is -0.622. The first kappa shape index (κ1) is 26.5. The maximum Gasteiger partial charge on any atom is 0.433 e. The van der Waals surface area contributed by atoms with Crippen LogP contribution in [0.1, 0.15) is 25.1 Å². The summed E-state index contributed by atoms with van der Waals surface area (Å²) in [6, 6.07) is 3.58. The van der Waals surface area contributed by atoms with Gasteiger partial charge >= 0.3 is 6.18 Å². The average Bonchev–Trinajstić information content (AvgIpc) is 2.76. The molecule has 0 saturated carbocycles. The minimum absolute atomic E-state index is 0.0113. The van der Waals surface area contributed by atoms with E-state index in [1.54, 1.807) is 9.80 Å². The number of anilines is 2. The Morgan fingerprint density at radius 3 is 2.42 bits per heavy atom. The summed E-state index contributed by atoms with van der Waals surface area (Å²) in [5.74, 6) is -0.899. The van der Waals surface area contributed by atoms with Gasteiger partial charge in [-0.05, 0) is 24.1 Å². The first-order chi connectivity index (χ1) is 16.7. The summed E-state index contributed by atoms with van der Waals surface area (Å²) in [5, 5.41) is 0. The zero-order valence-electron chi connectivity index (χ0n) is 20.1. The summed E-state index contributed by atoms with van der Waals surface area (Å²) in [7, 11) is -3.77. The lowest BCUT2D eigenvalue weighted by atomic mass is 9.99. The maximum atomic E-state index is 14.1. The molecule has 1 unspecified atom stereocenters. The van der Waals surface area contributed by atoms with E-state index in [4.69, 9.17) is 0 Å². The van der Waals surface area contributed by atoms with Gasteiger partial charge in [0.25, 0.3) is 0 Å². The summed E-state index contributed by atoms with van der Waals surface area (Å²) < 4.78 is 92.7. The van der Waals surface area contributed by atoms with Gasteiger partial charge in [0.05, 0.1) is 6.04 Å². The molecule has 2 aromatic rings. The Labute approximate surface area is 206 Å². The molecule has 2 fully saturated rings. The van der Waals surface area contributed by atoms with Crippen LogP contribution in [-0.2, 0) is 22.6 Å². The van der Waals surface area contributed by atoms with E-state index in [1.807, 2.05) is 18.7 Å². The fourth-order valence-corrected chi connectivity index (χ4v) is 5.37. The van der Waals surface area contributed by atoms with Gasteiger partial charge in [-0.2, -0.15) is 13.2 Å². The molecule has 2 aliphatic rings. The van der Waals surface area contributed by atoms with Gasteiger partial charge in [-0.25, -0.2) is 27.2 Å². The molecule has 0 radical (unpaired) electrons. The monoisotopic (exact) mass is 533 g/mol. The quantitative estimate of drug-likeness (QED) is 0.526. The van der Waals surface area contributed by atoms with Crippen LogP contribution in [0.2, 0.25) is 0 Å². The fraction of sp³-hybridized carbons (Fsp3) is 0.565. The molecule has 1 aromatic heterocycles.